The Morgan fingerprint density at radius 2 is 1.82 bits per heavy atom. The molecule has 0 aliphatic heterocycles. The molecule has 1 aromatic heterocycles. The van der Waals surface area contributed by atoms with Crippen molar-refractivity contribution in [2.75, 3.05) is 7.05 Å². The van der Waals surface area contributed by atoms with Crippen molar-refractivity contribution in [3.8, 4) is 0 Å². The van der Waals surface area contributed by atoms with Gasteiger partial charge in [0.2, 0.25) is 5.43 Å². The molecule has 1 heterocycles. The van der Waals surface area contributed by atoms with Crippen LogP contribution in [0.4, 0.5) is 0 Å². The smallest absolute Gasteiger partial charge is 0.256 e. The van der Waals surface area contributed by atoms with Gasteiger partial charge < -0.3 is 15.2 Å². The number of amides is 1. The number of benzene rings is 2. The van der Waals surface area contributed by atoms with Crippen LogP contribution in [0.15, 0.2) is 78.3 Å². The number of hydrogen-bond acceptors (Lipinski definition) is 3. The Hall–Kier alpha value is -3.60. The maximum atomic E-state index is 13.1. The summed E-state index contributed by atoms with van der Waals surface area (Å²) < 4.78 is 2.00. The van der Waals surface area contributed by atoms with E-state index in [1.165, 1.54) is 6.42 Å². The second-order valence-electron chi connectivity index (χ2n) is 8.59. The molecule has 0 spiro atoms. The van der Waals surface area contributed by atoms with Gasteiger partial charge in [-0.15, -0.1) is 0 Å². The molecule has 5 nitrogen and oxygen atoms in total. The fraction of sp³-hybridized carbons (Fsp3) is 0.286. The van der Waals surface area contributed by atoms with Crippen LogP contribution in [0.1, 0.15) is 53.6 Å². The molecule has 1 fully saturated rings. The third-order valence-corrected chi connectivity index (χ3v) is 6.34. The second-order valence-corrected chi connectivity index (χ2v) is 8.59. The third kappa shape index (κ3) is 5.08. The van der Waals surface area contributed by atoms with Crippen molar-refractivity contribution in [2.45, 2.75) is 44.7 Å². The molecule has 5 heteroatoms. The standard InChI is InChI=1S/C28H31N3O2/c1-3-9-25(29-2)21-16-14-20(15-17-21)18-31-19-24(27(32)23-12-7-8-13-26(23)31)28(33)30-22-10-5-4-6-11-22/h3,7-9,12-17,19,22,29H,1,4-6,10-11,18H2,2H3,(H,30,33)/b25-9-. The van der Waals surface area contributed by atoms with E-state index in [1.54, 1.807) is 18.3 Å². The Kier molecular flexibility index (Phi) is 7.08. The first-order chi connectivity index (χ1) is 16.1. The summed E-state index contributed by atoms with van der Waals surface area (Å²) in [5, 5.41) is 6.84. The van der Waals surface area contributed by atoms with Gasteiger partial charge in [-0.2, -0.15) is 0 Å². The molecule has 2 aromatic carbocycles. The predicted molar refractivity (Wildman–Crippen MR) is 135 cm³/mol. The zero-order valence-electron chi connectivity index (χ0n) is 19.1. The Labute approximate surface area is 194 Å². The number of para-hydroxylation sites is 1. The number of aromatic nitrogens is 1. The zero-order valence-corrected chi connectivity index (χ0v) is 19.1. The van der Waals surface area contributed by atoms with Gasteiger partial charge in [-0.05, 0) is 42.2 Å². The molecule has 1 saturated carbocycles. The summed E-state index contributed by atoms with van der Waals surface area (Å²) in [6.45, 7) is 4.32. The number of pyridine rings is 1. The van der Waals surface area contributed by atoms with Crippen LogP contribution in [-0.4, -0.2) is 23.6 Å². The molecule has 0 atom stereocenters. The monoisotopic (exact) mass is 441 g/mol. The van der Waals surface area contributed by atoms with Gasteiger partial charge in [0.15, 0.2) is 0 Å². The molecule has 170 valence electrons. The first-order valence-corrected chi connectivity index (χ1v) is 11.6. The Bertz CT molecular complexity index is 1230. The minimum Gasteiger partial charge on any atom is -0.388 e. The number of carbonyl (C=O) groups is 1. The molecule has 2 N–H and O–H groups in total. The van der Waals surface area contributed by atoms with Gasteiger partial charge in [0.05, 0.1) is 5.52 Å². The molecule has 3 aromatic rings. The molecule has 1 aliphatic carbocycles. The lowest BCUT2D eigenvalue weighted by Crippen LogP contribution is -2.38. The minimum atomic E-state index is -0.269. The fourth-order valence-electron chi connectivity index (χ4n) is 4.58. The normalized spacial score (nSPS) is 14.8. The van der Waals surface area contributed by atoms with E-state index in [0.29, 0.717) is 11.9 Å². The molecule has 4 rings (SSSR count). The van der Waals surface area contributed by atoms with E-state index >= 15 is 0 Å². The molecule has 1 amide bonds. The molecule has 33 heavy (non-hydrogen) atoms. The number of allylic oxidation sites excluding steroid dienone is 2. The van der Waals surface area contributed by atoms with Gasteiger partial charge >= 0.3 is 0 Å². The van der Waals surface area contributed by atoms with Gasteiger partial charge in [-0.1, -0.05) is 68.3 Å². The topological polar surface area (TPSA) is 63.1 Å². The van der Waals surface area contributed by atoms with E-state index in [0.717, 1.165) is 48.0 Å². The van der Waals surface area contributed by atoms with Crippen LogP contribution >= 0.6 is 0 Å². The first-order valence-electron chi connectivity index (χ1n) is 11.6. The number of fused-ring (bicyclic) bond motifs is 1. The molecule has 0 unspecified atom stereocenters. The Morgan fingerprint density at radius 3 is 2.52 bits per heavy atom. The number of nitrogens with one attached hydrogen (secondary N) is 2. The van der Waals surface area contributed by atoms with E-state index in [4.69, 9.17) is 0 Å². The summed E-state index contributed by atoms with van der Waals surface area (Å²) in [4.78, 5) is 26.2. The molecule has 0 saturated heterocycles. The minimum absolute atomic E-state index is 0.156. The van der Waals surface area contributed by atoms with Crippen LogP contribution < -0.4 is 16.1 Å². The summed E-state index contributed by atoms with van der Waals surface area (Å²) in [5.74, 6) is -0.269. The highest BCUT2D eigenvalue weighted by atomic mass is 16.2. The number of hydrogen-bond donors (Lipinski definition) is 2. The predicted octanol–water partition coefficient (Wildman–Crippen LogP) is 4.86. The van der Waals surface area contributed by atoms with Crippen LogP contribution in [0.5, 0.6) is 0 Å². The van der Waals surface area contributed by atoms with Gasteiger partial charge in [0.1, 0.15) is 5.56 Å². The lowest BCUT2D eigenvalue weighted by atomic mass is 9.95. The molecular formula is C28H31N3O2. The van der Waals surface area contributed by atoms with Crippen LogP contribution in [0.25, 0.3) is 16.6 Å². The largest absolute Gasteiger partial charge is 0.388 e. The highest BCUT2D eigenvalue weighted by Crippen LogP contribution is 2.19. The quantitative estimate of drug-likeness (QED) is 0.515. The SMILES string of the molecule is C=C/C=C(\NC)c1ccc(Cn2cc(C(=O)NC3CCCCC3)c(=O)c3ccccc32)cc1. The van der Waals surface area contributed by atoms with Gasteiger partial charge in [-0.25, -0.2) is 0 Å². The van der Waals surface area contributed by atoms with Crippen molar-refractivity contribution < 1.29 is 4.79 Å². The van der Waals surface area contributed by atoms with E-state index < -0.39 is 0 Å². The second kappa shape index (κ2) is 10.3. The van der Waals surface area contributed by atoms with Crippen molar-refractivity contribution >= 4 is 22.5 Å². The maximum Gasteiger partial charge on any atom is 0.256 e. The van der Waals surface area contributed by atoms with Gasteiger partial charge in [0.25, 0.3) is 5.91 Å². The molecule has 0 radical (unpaired) electrons. The zero-order chi connectivity index (χ0) is 23.2. The Morgan fingerprint density at radius 1 is 1.09 bits per heavy atom. The van der Waals surface area contributed by atoms with E-state index in [1.807, 2.05) is 35.9 Å². The average molecular weight is 442 g/mol. The van der Waals surface area contributed by atoms with Crippen LogP contribution in [-0.2, 0) is 6.54 Å². The summed E-state index contributed by atoms with van der Waals surface area (Å²) in [7, 11) is 1.88. The lowest BCUT2D eigenvalue weighted by Gasteiger charge is -2.23. The van der Waals surface area contributed by atoms with E-state index in [-0.39, 0.29) is 22.9 Å². The van der Waals surface area contributed by atoms with Gasteiger partial charge in [-0.3, -0.25) is 9.59 Å². The molecular weight excluding hydrogens is 410 g/mol. The highest BCUT2D eigenvalue weighted by molar-refractivity contribution is 5.97. The summed E-state index contributed by atoms with van der Waals surface area (Å²) in [5.41, 5.74) is 3.97. The number of nitrogens with zero attached hydrogens (tertiary/aromatic N) is 1. The third-order valence-electron chi connectivity index (χ3n) is 6.34. The van der Waals surface area contributed by atoms with Crippen molar-refractivity contribution in [3.05, 3.63) is 100 Å². The summed E-state index contributed by atoms with van der Waals surface area (Å²) >= 11 is 0. The number of carbonyl (C=O) groups excluding carboxylic acids is 1. The first kappa shape index (κ1) is 22.6. The Balaban J connectivity index is 1.66. The number of rotatable bonds is 7. The van der Waals surface area contributed by atoms with Crippen molar-refractivity contribution in [3.63, 3.8) is 0 Å². The average Bonchev–Trinajstić information content (AvgIpc) is 2.85. The van der Waals surface area contributed by atoms with Crippen molar-refractivity contribution in [1.82, 2.24) is 15.2 Å². The lowest BCUT2D eigenvalue weighted by molar-refractivity contribution is 0.0926. The van der Waals surface area contributed by atoms with E-state index in [9.17, 15) is 9.59 Å². The van der Waals surface area contributed by atoms with Crippen LogP contribution in [0, 0.1) is 0 Å². The van der Waals surface area contributed by atoms with E-state index in [2.05, 4.69) is 41.5 Å². The maximum absolute atomic E-state index is 13.1. The molecule has 0 bridgehead atoms. The van der Waals surface area contributed by atoms with Gasteiger partial charge in [0, 0.05) is 36.9 Å². The van der Waals surface area contributed by atoms with Crippen LogP contribution in [0.2, 0.25) is 0 Å². The highest BCUT2D eigenvalue weighted by Gasteiger charge is 2.20. The summed E-state index contributed by atoms with van der Waals surface area (Å²) in [6.07, 6.45) is 10.8. The van der Waals surface area contributed by atoms with Crippen molar-refractivity contribution in [1.29, 1.82) is 0 Å². The van der Waals surface area contributed by atoms with Crippen LogP contribution in [0.3, 0.4) is 0 Å². The van der Waals surface area contributed by atoms with Crippen molar-refractivity contribution in [2.24, 2.45) is 0 Å². The summed E-state index contributed by atoms with van der Waals surface area (Å²) in [6, 6.07) is 15.9. The fourth-order valence-corrected chi connectivity index (χ4v) is 4.58. The molecule has 1 aliphatic rings.